The van der Waals surface area contributed by atoms with Crippen LogP contribution in [0.3, 0.4) is 0 Å². The van der Waals surface area contributed by atoms with Gasteiger partial charge in [-0.1, -0.05) is 6.07 Å². The van der Waals surface area contributed by atoms with Crippen molar-refractivity contribution in [3.8, 4) is 0 Å². The van der Waals surface area contributed by atoms with Gasteiger partial charge in [0.25, 0.3) is 5.91 Å². The Morgan fingerprint density at radius 2 is 1.44 bits per heavy atom. The maximum atomic E-state index is 13.3. The van der Waals surface area contributed by atoms with Gasteiger partial charge in [0.1, 0.15) is 0 Å². The predicted octanol–water partition coefficient (Wildman–Crippen LogP) is 4.75. The first-order chi connectivity index (χ1) is 16.7. The Balaban J connectivity index is 1.45. The van der Waals surface area contributed by atoms with Gasteiger partial charge in [-0.25, -0.2) is 16.8 Å². The van der Waals surface area contributed by atoms with Crippen molar-refractivity contribution in [2.24, 2.45) is 5.92 Å². The van der Waals surface area contributed by atoms with Crippen LogP contribution < -0.4 is 0 Å². The summed E-state index contributed by atoms with van der Waals surface area (Å²) in [6.07, 6.45) is -2.62. The van der Waals surface area contributed by atoms with E-state index >= 15 is 0 Å². The zero-order chi connectivity index (χ0) is 26.5. The van der Waals surface area contributed by atoms with Gasteiger partial charge < -0.3 is 4.90 Å². The van der Waals surface area contributed by atoms with Crippen molar-refractivity contribution < 1.29 is 34.8 Å². The third kappa shape index (κ3) is 4.91. The molecule has 0 bridgehead atoms. The molecule has 0 N–H and O–H groups in total. The number of halogens is 3. The fourth-order valence-electron chi connectivity index (χ4n) is 4.68. The van der Waals surface area contributed by atoms with Gasteiger partial charge in [0.15, 0.2) is 19.7 Å². The third-order valence-electron chi connectivity index (χ3n) is 7.32. The predicted molar refractivity (Wildman–Crippen MR) is 128 cm³/mol. The van der Waals surface area contributed by atoms with Crippen LogP contribution in [0.2, 0.25) is 0 Å². The molecule has 1 saturated heterocycles. The molecule has 1 amide bonds. The fourth-order valence-corrected chi connectivity index (χ4v) is 8.16. The van der Waals surface area contributed by atoms with E-state index in [-0.39, 0.29) is 40.0 Å². The van der Waals surface area contributed by atoms with Gasteiger partial charge in [0.05, 0.1) is 25.4 Å². The number of rotatable bonds is 6. The van der Waals surface area contributed by atoms with Crippen LogP contribution in [-0.4, -0.2) is 50.7 Å². The smallest absolute Gasteiger partial charge is 0.339 e. The van der Waals surface area contributed by atoms with Gasteiger partial charge in [0.2, 0.25) is 0 Å². The van der Waals surface area contributed by atoms with Crippen LogP contribution in [0, 0.1) is 5.92 Å². The first-order valence-electron chi connectivity index (χ1n) is 11.7. The second-order valence-electron chi connectivity index (χ2n) is 9.97. The minimum Gasteiger partial charge on any atom is -0.339 e. The molecule has 2 fully saturated rings. The summed E-state index contributed by atoms with van der Waals surface area (Å²) < 4.78 is 89.4. The Labute approximate surface area is 209 Å². The summed E-state index contributed by atoms with van der Waals surface area (Å²) in [6.45, 7) is 3.61. The van der Waals surface area contributed by atoms with Crippen LogP contribution in [0.5, 0.6) is 0 Å². The van der Waals surface area contributed by atoms with Crippen LogP contribution in [0.15, 0.2) is 58.3 Å². The summed E-state index contributed by atoms with van der Waals surface area (Å²) in [6, 6.07) is 9.65. The molecule has 0 atom stereocenters. The Hall–Kier alpha value is -2.40. The number of carbonyl (C=O) groups excluding carboxylic acids is 1. The van der Waals surface area contributed by atoms with E-state index in [0.29, 0.717) is 37.3 Å². The summed E-state index contributed by atoms with van der Waals surface area (Å²) in [7, 11) is -7.44. The highest BCUT2D eigenvalue weighted by Gasteiger charge is 2.45. The number of nitrogens with zero attached hydrogens (tertiary/aromatic N) is 1. The molecular formula is C25H28F3NO5S2. The van der Waals surface area contributed by atoms with Crippen LogP contribution in [-0.2, 0) is 25.9 Å². The Bertz CT molecular complexity index is 1360. The van der Waals surface area contributed by atoms with Crippen molar-refractivity contribution >= 4 is 25.6 Å². The van der Waals surface area contributed by atoms with E-state index in [2.05, 4.69) is 0 Å². The highest BCUT2D eigenvalue weighted by molar-refractivity contribution is 7.93. The largest absolute Gasteiger partial charge is 0.416 e. The monoisotopic (exact) mass is 543 g/mol. The number of hydrogen-bond donors (Lipinski definition) is 0. The zero-order valence-electron chi connectivity index (χ0n) is 20.0. The molecular weight excluding hydrogens is 515 g/mol. The van der Waals surface area contributed by atoms with Crippen molar-refractivity contribution in [1.82, 2.24) is 4.90 Å². The molecule has 2 aromatic rings. The van der Waals surface area contributed by atoms with Gasteiger partial charge in [-0.05, 0) is 87.9 Å². The number of hydrogen-bond acceptors (Lipinski definition) is 5. The quantitative estimate of drug-likeness (QED) is 0.525. The van der Waals surface area contributed by atoms with Crippen LogP contribution in [0.25, 0.3) is 0 Å². The van der Waals surface area contributed by atoms with Crippen molar-refractivity contribution in [3.63, 3.8) is 0 Å². The fraction of sp³-hybridized carbons (Fsp3) is 0.480. The Morgan fingerprint density at radius 3 is 1.97 bits per heavy atom. The van der Waals surface area contributed by atoms with E-state index < -0.39 is 36.2 Å². The number of sulfone groups is 2. The average Bonchev–Trinajstić information content (AvgIpc) is 3.69. The maximum Gasteiger partial charge on any atom is 0.416 e. The second kappa shape index (κ2) is 9.16. The third-order valence-corrected chi connectivity index (χ3v) is 12.2. The Morgan fingerprint density at radius 1 is 0.861 bits per heavy atom. The lowest BCUT2D eigenvalue weighted by atomic mass is 9.85. The van der Waals surface area contributed by atoms with E-state index in [1.165, 1.54) is 44.2 Å². The van der Waals surface area contributed by atoms with Crippen molar-refractivity contribution in [3.05, 3.63) is 59.7 Å². The molecule has 36 heavy (non-hydrogen) atoms. The molecule has 2 aliphatic rings. The first-order valence-corrected chi connectivity index (χ1v) is 14.7. The van der Waals surface area contributed by atoms with Gasteiger partial charge in [0, 0.05) is 18.7 Å². The Kier molecular flexibility index (Phi) is 6.79. The normalized spacial score (nSPS) is 18.3. The molecule has 6 nitrogen and oxygen atoms in total. The molecule has 0 unspecified atom stereocenters. The topological polar surface area (TPSA) is 88.6 Å². The zero-order valence-corrected chi connectivity index (χ0v) is 21.6. The van der Waals surface area contributed by atoms with Crippen LogP contribution in [0.1, 0.15) is 55.5 Å². The lowest BCUT2D eigenvalue weighted by Gasteiger charge is -2.40. The van der Waals surface area contributed by atoms with Crippen LogP contribution in [0.4, 0.5) is 13.2 Å². The van der Waals surface area contributed by atoms with E-state index in [1.54, 1.807) is 4.90 Å². The molecule has 4 rings (SSSR count). The van der Waals surface area contributed by atoms with Gasteiger partial charge in [-0.2, -0.15) is 13.2 Å². The highest BCUT2D eigenvalue weighted by atomic mass is 32.2. The van der Waals surface area contributed by atoms with E-state index in [1.807, 2.05) is 0 Å². The first kappa shape index (κ1) is 26.7. The van der Waals surface area contributed by atoms with Crippen molar-refractivity contribution in [2.75, 3.05) is 13.1 Å². The molecule has 11 heteroatoms. The molecule has 0 radical (unpaired) electrons. The minimum atomic E-state index is -4.65. The molecule has 0 spiro atoms. The van der Waals surface area contributed by atoms with Gasteiger partial charge >= 0.3 is 6.18 Å². The summed E-state index contributed by atoms with van der Waals surface area (Å²) in [4.78, 5) is 14.4. The molecule has 1 saturated carbocycles. The molecule has 196 valence electrons. The minimum absolute atomic E-state index is 0.196. The van der Waals surface area contributed by atoms with E-state index in [0.717, 1.165) is 12.1 Å². The maximum absolute atomic E-state index is 13.3. The summed E-state index contributed by atoms with van der Waals surface area (Å²) in [5.74, 6) is -0.644. The van der Waals surface area contributed by atoms with E-state index in [4.69, 9.17) is 0 Å². The lowest BCUT2D eigenvalue weighted by Crippen LogP contribution is -2.47. The summed E-state index contributed by atoms with van der Waals surface area (Å²) in [5, 5.41) is -0.339. The SMILES string of the molecule is CC(C)(C1CCN(C(=O)c2ccc(S(=O)(=O)C3CC3)cc2)CC1)S(=O)(=O)c1cccc(C(F)(F)F)c1. The lowest BCUT2D eigenvalue weighted by molar-refractivity contribution is -0.137. The molecule has 1 aliphatic heterocycles. The molecule has 1 heterocycles. The number of alkyl halides is 3. The number of carbonyl (C=O) groups is 1. The second-order valence-corrected chi connectivity index (χ2v) is 14.7. The average molecular weight is 544 g/mol. The van der Waals surface area contributed by atoms with Crippen molar-refractivity contribution in [1.29, 1.82) is 0 Å². The number of benzene rings is 2. The van der Waals surface area contributed by atoms with Crippen molar-refractivity contribution in [2.45, 2.75) is 65.5 Å². The van der Waals surface area contributed by atoms with Crippen LogP contribution >= 0.6 is 0 Å². The summed E-state index contributed by atoms with van der Waals surface area (Å²) in [5.41, 5.74) is -0.671. The molecule has 2 aromatic carbocycles. The summed E-state index contributed by atoms with van der Waals surface area (Å²) >= 11 is 0. The standard InChI is InChI=1S/C25H28F3NO5S2/c1-24(2,36(33,34)22-5-3-4-19(16-22)25(26,27)28)18-12-14-29(15-13-18)23(30)17-6-8-20(9-7-17)35(31,32)21-10-11-21/h3-9,16,18,21H,10-15H2,1-2H3. The van der Waals surface area contributed by atoms with E-state index in [9.17, 15) is 34.8 Å². The number of amides is 1. The molecule has 0 aromatic heterocycles. The number of likely N-dealkylation sites (tertiary alicyclic amines) is 1. The highest BCUT2D eigenvalue weighted by Crippen LogP contribution is 2.40. The van der Waals surface area contributed by atoms with Gasteiger partial charge in [-0.15, -0.1) is 0 Å². The number of piperidine rings is 1. The molecule has 1 aliphatic carbocycles. The van der Waals surface area contributed by atoms with Gasteiger partial charge in [-0.3, -0.25) is 4.79 Å².